The number of amidine groups is 1. The Morgan fingerprint density at radius 2 is 1.93 bits per heavy atom. The van der Waals surface area contributed by atoms with E-state index in [-0.39, 0.29) is 17.9 Å². The number of nitrogens with one attached hydrogen (secondary N) is 2. The average molecular weight is 416 g/mol. The third kappa shape index (κ3) is 3.08. The minimum Gasteiger partial charge on any atom is -0.356 e. The van der Waals surface area contributed by atoms with E-state index in [9.17, 15) is 17.6 Å². The highest BCUT2D eigenvalue weighted by molar-refractivity contribution is 6.13. The van der Waals surface area contributed by atoms with Gasteiger partial charge < -0.3 is 10.2 Å². The summed E-state index contributed by atoms with van der Waals surface area (Å²) in [5, 5.41) is 9.81. The second-order valence-corrected chi connectivity index (χ2v) is 7.23. The van der Waals surface area contributed by atoms with Crippen molar-refractivity contribution in [2.24, 2.45) is 10.9 Å². The van der Waals surface area contributed by atoms with Gasteiger partial charge >= 0.3 is 0 Å². The summed E-state index contributed by atoms with van der Waals surface area (Å²) in [5.74, 6) is -1.68. The maximum atomic E-state index is 14.3. The first-order chi connectivity index (χ1) is 14.5. The first-order valence-electron chi connectivity index (χ1n) is 9.38. The molecule has 0 aliphatic carbocycles. The summed E-state index contributed by atoms with van der Waals surface area (Å²) < 4.78 is 54.8. The molecule has 2 N–H and O–H groups in total. The Morgan fingerprint density at radius 3 is 2.67 bits per heavy atom. The van der Waals surface area contributed by atoms with Crippen LogP contribution >= 0.6 is 0 Å². The Balaban J connectivity index is 1.60. The number of H-pyrrole nitrogens is 1. The number of hydrogen-bond acceptors (Lipinski definition) is 5. The molecule has 2 aliphatic heterocycles. The second-order valence-electron chi connectivity index (χ2n) is 7.23. The van der Waals surface area contributed by atoms with Gasteiger partial charge in [-0.3, -0.25) is 5.10 Å². The van der Waals surface area contributed by atoms with Crippen molar-refractivity contribution in [1.29, 1.82) is 0 Å². The summed E-state index contributed by atoms with van der Waals surface area (Å²) in [6, 6.07) is 5.31. The average Bonchev–Trinajstić information content (AvgIpc) is 3.35. The Bertz CT molecular complexity index is 1120. The van der Waals surface area contributed by atoms with E-state index >= 15 is 0 Å². The SMILES string of the molecule is Fc1cccc(F)c1C1=Nc2cnc(N3CC[C@H](C(F)F)C3)cc2-c2[nH]ncc2N1. The topological polar surface area (TPSA) is 69.2 Å². The Labute approximate surface area is 168 Å². The number of aliphatic imine (C=N–C) groups is 1. The van der Waals surface area contributed by atoms with Crippen molar-refractivity contribution in [1.82, 2.24) is 15.2 Å². The molecular weight excluding hydrogens is 400 g/mol. The van der Waals surface area contributed by atoms with Crippen LogP contribution in [-0.4, -0.2) is 40.5 Å². The number of fused-ring (bicyclic) bond motifs is 3. The number of hydrogen-bond donors (Lipinski definition) is 2. The Hall–Kier alpha value is -3.43. The quantitative estimate of drug-likeness (QED) is 0.623. The van der Waals surface area contributed by atoms with Crippen molar-refractivity contribution < 1.29 is 17.6 Å². The zero-order valence-corrected chi connectivity index (χ0v) is 15.5. The molecule has 154 valence electrons. The molecule has 30 heavy (non-hydrogen) atoms. The number of halogens is 4. The Morgan fingerprint density at radius 1 is 1.13 bits per heavy atom. The van der Waals surface area contributed by atoms with Crippen LogP contribution in [0.3, 0.4) is 0 Å². The highest BCUT2D eigenvalue weighted by Gasteiger charge is 2.31. The van der Waals surface area contributed by atoms with Crippen LogP contribution < -0.4 is 10.2 Å². The number of anilines is 2. The number of pyridine rings is 1. The van der Waals surface area contributed by atoms with E-state index in [2.05, 4.69) is 25.5 Å². The first-order valence-corrected chi connectivity index (χ1v) is 9.38. The molecule has 10 heteroatoms. The fourth-order valence-electron chi connectivity index (χ4n) is 3.81. The van der Waals surface area contributed by atoms with E-state index in [1.807, 2.05) is 0 Å². The minimum atomic E-state index is -2.37. The van der Waals surface area contributed by atoms with E-state index < -0.39 is 24.0 Å². The van der Waals surface area contributed by atoms with Crippen LogP contribution in [0.5, 0.6) is 0 Å². The van der Waals surface area contributed by atoms with Crippen LogP contribution in [0.2, 0.25) is 0 Å². The van der Waals surface area contributed by atoms with Gasteiger partial charge in [-0.25, -0.2) is 27.5 Å². The molecule has 6 nitrogen and oxygen atoms in total. The lowest BCUT2D eigenvalue weighted by atomic mass is 10.1. The molecule has 5 rings (SSSR count). The van der Waals surface area contributed by atoms with Gasteiger partial charge in [0.25, 0.3) is 0 Å². The predicted octanol–water partition coefficient (Wildman–Crippen LogP) is 4.35. The molecule has 1 fully saturated rings. The highest BCUT2D eigenvalue weighted by atomic mass is 19.3. The zero-order chi connectivity index (χ0) is 20.8. The molecule has 2 aromatic heterocycles. The normalized spacial score (nSPS) is 18.0. The number of aromatic nitrogens is 3. The third-order valence-electron chi connectivity index (χ3n) is 5.37. The molecule has 0 unspecified atom stereocenters. The second kappa shape index (κ2) is 7.12. The largest absolute Gasteiger partial charge is 0.356 e. The lowest BCUT2D eigenvalue weighted by Gasteiger charge is -2.18. The van der Waals surface area contributed by atoms with Gasteiger partial charge in [-0.1, -0.05) is 6.07 Å². The lowest BCUT2D eigenvalue weighted by molar-refractivity contribution is 0.0880. The van der Waals surface area contributed by atoms with E-state index in [1.165, 1.54) is 18.5 Å². The molecule has 3 aromatic rings. The Kier molecular flexibility index (Phi) is 4.41. The van der Waals surface area contributed by atoms with Gasteiger partial charge in [0, 0.05) is 24.6 Å². The fraction of sp³-hybridized carbons (Fsp3) is 0.250. The summed E-state index contributed by atoms with van der Waals surface area (Å²) in [6.07, 6.45) is 0.975. The molecule has 1 saturated heterocycles. The summed E-state index contributed by atoms with van der Waals surface area (Å²) in [5.41, 5.74) is 1.73. The maximum absolute atomic E-state index is 14.3. The van der Waals surface area contributed by atoms with Crippen molar-refractivity contribution >= 4 is 23.0 Å². The standard InChI is InChI=1S/C20H16F4N6/c21-12-2-1-3-13(22)17(12)20-27-14-7-25-16(30-5-4-10(9-30)19(23)24)6-11(14)18-15(28-20)8-26-29-18/h1-3,6-8,10,19H,4-5,9H2,(H,26,29)(H,27,28)/t10-/m0/s1. The van der Waals surface area contributed by atoms with Gasteiger partial charge in [-0.15, -0.1) is 0 Å². The number of nitrogens with zero attached hydrogens (tertiary/aromatic N) is 4. The number of rotatable bonds is 3. The number of aromatic amines is 1. The molecule has 1 aromatic carbocycles. The van der Waals surface area contributed by atoms with Crippen LogP contribution in [0.1, 0.15) is 12.0 Å². The molecular formula is C20H16F4N6. The molecule has 0 spiro atoms. The van der Waals surface area contributed by atoms with Crippen molar-refractivity contribution in [3.05, 3.63) is 53.9 Å². The van der Waals surface area contributed by atoms with E-state index in [0.717, 1.165) is 12.1 Å². The summed E-state index contributed by atoms with van der Waals surface area (Å²) in [6.45, 7) is 0.691. The molecule has 0 amide bonds. The van der Waals surface area contributed by atoms with E-state index in [1.54, 1.807) is 11.0 Å². The molecule has 0 radical (unpaired) electrons. The van der Waals surface area contributed by atoms with Crippen molar-refractivity contribution in [3.8, 4) is 11.3 Å². The number of benzene rings is 1. The van der Waals surface area contributed by atoms with Gasteiger partial charge in [0.15, 0.2) is 0 Å². The lowest BCUT2D eigenvalue weighted by Crippen LogP contribution is -2.22. The van der Waals surface area contributed by atoms with E-state index in [4.69, 9.17) is 0 Å². The van der Waals surface area contributed by atoms with Crippen LogP contribution in [0.25, 0.3) is 11.3 Å². The fourth-order valence-corrected chi connectivity index (χ4v) is 3.81. The number of alkyl halides is 2. The minimum absolute atomic E-state index is 0.0134. The monoisotopic (exact) mass is 416 g/mol. The summed E-state index contributed by atoms with van der Waals surface area (Å²) >= 11 is 0. The maximum Gasteiger partial charge on any atom is 0.243 e. The van der Waals surface area contributed by atoms with Crippen LogP contribution in [0.4, 0.5) is 34.8 Å². The van der Waals surface area contributed by atoms with Crippen LogP contribution in [0.15, 0.2) is 41.7 Å². The van der Waals surface area contributed by atoms with Crippen molar-refractivity contribution in [2.75, 3.05) is 23.3 Å². The van der Waals surface area contributed by atoms with Gasteiger partial charge in [0.1, 0.15) is 23.3 Å². The van der Waals surface area contributed by atoms with Crippen molar-refractivity contribution in [2.45, 2.75) is 12.8 Å². The van der Waals surface area contributed by atoms with E-state index in [0.29, 0.717) is 41.4 Å². The van der Waals surface area contributed by atoms with Gasteiger partial charge in [-0.2, -0.15) is 5.10 Å². The van der Waals surface area contributed by atoms with Gasteiger partial charge in [0.2, 0.25) is 6.43 Å². The zero-order valence-electron chi connectivity index (χ0n) is 15.5. The van der Waals surface area contributed by atoms with Gasteiger partial charge in [0.05, 0.1) is 35.0 Å². The molecule has 0 saturated carbocycles. The van der Waals surface area contributed by atoms with Crippen LogP contribution in [-0.2, 0) is 0 Å². The molecule has 0 bridgehead atoms. The summed E-state index contributed by atoms with van der Waals surface area (Å²) in [4.78, 5) is 10.6. The first kappa shape index (κ1) is 18.6. The van der Waals surface area contributed by atoms with Crippen molar-refractivity contribution in [3.63, 3.8) is 0 Å². The molecule has 2 aliphatic rings. The third-order valence-corrected chi connectivity index (χ3v) is 5.37. The summed E-state index contributed by atoms with van der Waals surface area (Å²) in [7, 11) is 0. The predicted molar refractivity (Wildman–Crippen MR) is 104 cm³/mol. The van der Waals surface area contributed by atoms with Crippen LogP contribution in [0, 0.1) is 17.6 Å². The molecule has 1 atom stereocenters. The molecule has 4 heterocycles. The smallest absolute Gasteiger partial charge is 0.243 e. The van der Waals surface area contributed by atoms with Gasteiger partial charge in [-0.05, 0) is 24.6 Å². The highest BCUT2D eigenvalue weighted by Crippen LogP contribution is 2.39.